The summed E-state index contributed by atoms with van der Waals surface area (Å²) in [6.07, 6.45) is 7.85. The molecule has 1 amide bonds. The highest BCUT2D eigenvalue weighted by Gasteiger charge is 2.46. The van der Waals surface area contributed by atoms with Gasteiger partial charge in [-0.1, -0.05) is 23.4 Å². The standard InChI is InChI=1S/C19H19N5O/c25-18(20-12-19(7-8-19)24-10-9-21-23-24)17-15(13-5-6-13)11-14-3-1-2-4-16(14)22-17/h1-4,9-11,13H,5-8,12H2,(H,20,25). The number of amides is 1. The first-order valence-electron chi connectivity index (χ1n) is 8.80. The van der Waals surface area contributed by atoms with Gasteiger partial charge in [0.25, 0.3) is 5.91 Å². The van der Waals surface area contributed by atoms with E-state index in [9.17, 15) is 4.79 Å². The summed E-state index contributed by atoms with van der Waals surface area (Å²) in [6, 6.07) is 10.1. The van der Waals surface area contributed by atoms with Crippen molar-refractivity contribution < 1.29 is 4.79 Å². The largest absolute Gasteiger partial charge is 0.348 e. The number of aromatic nitrogens is 4. The minimum atomic E-state index is -0.108. The number of para-hydroxylation sites is 1. The maximum atomic E-state index is 12.9. The Balaban J connectivity index is 1.42. The van der Waals surface area contributed by atoms with Crippen LogP contribution in [-0.4, -0.2) is 32.4 Å². The van der Waals surface area contributed by atoms with Gasteiger partial charge in [0, 0.05) is 18.1 Å². The maximum Gasteiger partial charge on any atom is 0.270 e. The average Bonchev–Trinajstić information content (AvgIpc) is 3.58. The third-order valence-electron chi connectivity index (χ3n) is 5.30. The van der Waals surface area contributed by atoms with E-state index in [1.54, 1.807) is 6.20 Å². The quantitative estimate of drug-likeness (QED) is 0.779. The minimum Gasteiger partial charge on any atom is -0.348 e. The zero-order valence-corrected chi connectivity index (χ0v) is 13.9. The fourth-order valence-corrected chi connectivity index (χ4v) is 3.44. The Morgan fingerprint density at radius 2 is 2.12 bits per heavy atom. The monoisotopic (exact) mass is 333 g/mol. The maximum absolute atomic E-state index is 12.9. The number of hydrogen-bond acceptors (Lipinski definition) is 4. The second-order valence-electron chi connectivity index (χ2n) is 7.15. The highest BCUT2D eigenvalue weighted by molar-refractivity contribution is 5.97. The van der Waals surface area contributed by atoms with Crippen LogP contribution >= 0.6 is 0 Å². The first-order valence-corrected chi connectivity index (χ1v) is 8.80. The number of hydrogen-bond donors (Lipinski definition) is 1. The van der Waals surface area contributed by atoms with E-state index in [0.29, 0.717) is 18.2 Å². The predicted molar refractivity (Wildman–Crippen MR) is 93.3 cm³/mol. The van der Waals surface area contributed by atoms with E-state index < -0.39 is 0 Å². The summed E-state index contributed by atoms with van der Waals surface area (Å²) < 4.78 is 1.86. The van der Waals surface area contributed by atoms with Crippen LogP contribution in [0.25, 0.3) is 10.9 Å². The first-order chi connectivity index (χ1) is 12.3. The van der Waals surface area contributed by atoms with Crippen molar-refractivity contribution in [2.75, 3.05) is 6.54 Å². The molecule has 0 spiro atoms. The van der Waals surface area contributed by atoms with Crippen LogP contribution in [0.5, 0.6) is 0 Å². The Morgan fingerprint density at radius 1 is 1.28 bits per heavy atom. The molecule has 2 saturated carbocycles. The molecule has 2 fully saturated rings. The van der Waals surface area contributed by atoms with Crippen LogP contribution in [0.2, 0.25) is 0 Å². The van der Waals surface area contributed by atoms with Crippen molar-refractivity contribution in [2.24, 2.45) is 0 Å². The number of fused-ring (bicyclic) bond motifs is 1. The summed E-state index contributed by atoms with van der Waals surface area (Å²) in [5.41, 5.74) is 2.43. The molecule has 6 heteroatoms. The summed E-state index contributed by atoms with van der Waals surface area (Å²) in [5.74, 6) is 0.391. The van der Waals surface area contributed by atoms with Gasteiger partial charge < -0.3 is 5.32 Å². The lowest BCUT2D eigenvalue weighted by Gasteiger charge is -2.17. The number of benzene rings is 1. The van der Waals surface area contributed by atoms with Gasteiger partial charge in [0.1, 0.15) is 5.69 Å². The molecule has 0 bridgehead atoms. The normalized spacial score (nSPS) is 18.2. The first kappa shape index (κ1) is 14.6. The molecule has 0 atom stereocenters. The number of nitrogens with one attached hydrogen (secondary N) is 1. The molecule has 2 heterocycles. The SMILES string of the molecule is O=C(NCC1(n2ccnn2)CC1)c1nc2ccccc2cc1C1CC1. The second kappa shape index (κ2) is 5.37. The molecular formula is C19H19N5O. The van der Waals surface area contributed by atoms with E-state index in [1.807, 2.05) is 29.1 Å². The van der Waals surface area contributed by atoms with E-state index in [0.717, 1.165) is 42.1 Å². The molecule has 1 aromatic carbocycles. The number of rotatable bonds is 5. The van der Waals surface area contributed by atoms with Gasteiger partial charge >= 0.3 is 0 Å². The van der Waals surface area contributed by atoms with Crippen LogP contribution in [0.4, 0.5) is 0 Å². The Bertz CT molecular complexity index is 942. The molecule has 0 unspecified atom stereocenters. The molecule has 6 nitrogen and oxygen atoms in total. The number of carbonyl (C=O) groups excluding carboxylic acids is 1. The van der Waals surface area contributed by atoms with Crippen molar-refractivity contribution >= 4 is 16.8 Å². The van der Waals surface area contributed by atoms with Gasteiger partial charge in [0.15, 0.2) is 0 Å². The Hall–Kier alpha value is -2.76. The lowest BCUT2D eigenvalue weighted by molar-refractivity contribution is 0.0938. The molecule has 2 aliphatic rings. The molecule has 0 radical (unpaired) electrons. The van der Waals surface area contributed by atoms with Crippen molar-refractivity contribution in [3.63, 3.8) is 0 Å². The molecule has 0 saturated heterocycles. The van der Waals surface area contributed by atoms with Gasteiger partial charge in [0.05, 0.1) is 17.3 Å². The van der Waals surface area contributed by atoms with Crippen LogP contribution in [0, 0.1) is 0 Å². The lowest BCUT2D eigenvalue weighted by Crippen LogP contribution is -2.36. The van der Waals surface area contributed by atoms with Crippen LogP contribution in [-0.2, 0) is 5.54 Å². The highest BCUT2D eigenvalue weighted by Crippen LogP contribution is 2.43. The zero-order chi connectivity index (χ0) is 16.9. The number of nitrogens with zero attached hydrogens (tertiary/aromatic N) is 4. The average molecular weight is 333 g/mol. The fourth-order valence-electron chi connectivity index (χ4n) is 3.44. The summed E-state index contributed by atoms with van der Waals surface area (Å²) in [4.78, 5) is 17.5. The summed E-state index contributed by atoms with van der Waals surface area (Å²) >= 11 is 0. The molecule has 25 heavy (non-hydrogen) atoms. The molecule has 1 N–H and O–H groups in total. The van der Waals surface area contributed by atoms with Gasteiger partial charge in [-0.05, 0) is 49.3 Å². The number of pyridine rings is 1. The molecule has 5 rings (SSSR count). The Labute approximate surface area is 145 Å². The van der Waals surface area contributed by atoms with E-state index in [4.69, 9.17) is 0 Å². The van der Waals surface area contributed by atoms with E-state index in [-0.39, 0.29) is 11.4 Å². The van der Waals surface area contributed by atoms with Gasteiger partial charge in [-0.2, -0.15) is 0 Å². The van der Waals surface area contributed by atoms with Gasteiger partial charge in [-0.15, -0.1) is 5.10 Å². The third-order valence-corrected chi connectivity index (χ3v) is 5.30. The van der Waals surface area contributed by atoms with Crippen molar-refractivity contribution in [3.8, 4) is 0 Å². The van der Waals surface area contributed by atoms with Gasteiger partial charge in [-0.3, -0.25) is 4.79 Å². The van der Waals surface area contributed by atoms with Crippen molar-refractivity contribution in [1.82, 2.24) is 25.3 Å². The molecular weight excluding hydrogens is 314 g/mol. The molecule has 2 aliphatic carbocycles. The fraction of sp³-hybridized carbons (Fsp3) is 0.368. The zero-order valence-electron chi connectivity index (χ0n) is 13.9. The van der Waals surface area contributed by atoms with Crippen molar-refractivity contribution in [1.29, 1.82) is 0 Å². The van der Waals surface area contributed by atoms with Crippen LogP contribution in [0.3, 0.4) is 0 Å². The molecule has 0 aliphatic heterocycles. The van der Waals surface area contributed by atoms with Crippen molar-refractivity contribution in [2.45, 2.75) is 37.1 Å². The minimum absolute atomic E-state index is 0.0842. The van der Waals surface area contributed by atoms with E-state index >= 15 is 0 Å². The summed E-state index contributed by atoms with van der Waals surface area (Å²) in [7, 11) is 0. The molecule has 2 aromatic heterocycles. The lowest BCUT2D eigenvalue weighted by atomic mass is 10.0. The highest BCUT2D eigenvalue weighted by atomic mass is 16.1. The topological polar surface area (TPSA) is 72.7 Å². The molecule has 126 valence electrons. The van der Waals surface area contributed by atoms with Crippen molar-refractivity contribution in [3.05, 3.63) is 54.0 Å². The van der Waals surface area contributed by atoms with Gasteiger partial charge in [0.2, 0.25) is 0 Å². The summed E-state index contributed by atoms with van der Waals surface area (Å²) in [6.45, 7) is 0.563. The Morgan fingerprint density at radius 3 is 2.84 bits per heavy atom. The second-order valence-corrected chi connectivity index (χ2v) is 7.15. The predicted octanol–water partition coefficient (Wildman–Crippen LogP) is 2.62. The Kier molecular flexibility index (Phi) is 3.13. The van der Waals surface area contributed by atoms with Crippen LogP contribution < -0.4 is 5.32 Å². The number of carbonyl (C=O) groups is 1. The van der Waals surface area contributed by atoms with Crippen LogP contribution in [0.15, 0.2) is 42.7 Å². The van der Waals surface area contributed by atoms with Gasteiger partial charge in [-0.25, -0.2) is 9.67 Å². The smallest absolute Gasteiger partial charge is 0.270 e. The van der Waals surface area contributed by atoms with Crippen LogP contribution in [0.1, 0.15) is 47.7 Å². The van der Waals surface area contributed by atoms with E-state index in [2.05, 4.69) is 32.7 Å². The summed E-state index contributed by atoms with van der Waals surface area (Å²) in [5, 5.41) is 12.2. The molecule has 3 aromatic rings. The third kappa shape index (κ3) is 2.58. The van der Waals surface area contributed by atoms with E-state index in [1.165, 1.54) is 0 Å².